The highest BCUT2D eigenvalue weighted by Gasteiger charge is 2.39. The molecular weight excluding hydrogens is 726 g/mol. The van der Waals surface area contributed by atoms with E-state index in [0.717, 1.165) is 38.8 Å². The Balaban J connectivity index is 0.00000673. The maximum atomic E-state index is 13.2. The van der Waals surface area contributed by atoms with Gasteiger partial charge in [-0.05, 0) is 94.2 Å². The van der Waals surface area contributed by atoms with Crippen LogP contribution < -0.4 is 0 Å². The lowest BCUT2D eigenvalue weighted by atomic mass is 9.76. The normalized spacial score (nSPS) is 28.0. The third-order valence-electron chi connectivity index (χ3n) is 12.4. The Morgan fingerprint density at radius 1 is 0.764 bits per heavy atom. The summed E-state index contributed by atoms with van der Waals surface area (Å²) in [5.74, 6) is 0.340. The molecule has 14 heteroatoms. The van der Waals surface area contributed by atoms with Crippen LogP contribution in [0.1, 0.15) is 101 Å². The van der Waals surface area contributed by atoms with E-state index in [4.69, 9.17) is 9.47 Å². The lowest BCUT2D eigenvalue weighted by Gasteiger charge is -2.46. The van der Waals surface area contributed by atoms with Crippen molar-refractivity contribution < 1.29 is 28.9 Å². The Hall–Kier alpha value is -3.94. The fourth-order valence-electron chi connectivity index (χ4n) is 8.88. The molecule has 0 aromatic carbocycles. The van der Waals surface area contributed by atoms with Gasteiger partial charge in [-0.1, -0.05) is 52.0 Å². The molecule has 2 saturated heterocycles. The lowest BCUT2D eigenvalue weighted by molar-refractivity contribution is -0.429. The minimum absolute atomic E-state index is 0. The summed E-state index contributed by atoms with van der Waals surface area (Å²) in [7, 11) is 0. The number of aromatic nitrogens is 1. The number of nitrogens with zero attached hydrogens (tertiary/aromatic N) is 5. The van der Waals surface area contributed by atoms with Gasteiger partial charge in [-0.25, -0.2) is 9.59 Å². The molecule has 10 unspecified atom stereocenters. The zero-order chi connectivity index (χ0) is 39.1. The van der Waals surface area contributed by atoms with Gasteiger partial charge in [-0.15, -0.1) is 12.4 Å². The molecule has 3 heterocycles. The van der Waals surface area contributed by atoms with Crippen molar-refractivity contribution in [2.75, 3.05) is 26.3 Å². The van der Waals surface area contributed by atoms with E-state index in [0.29, 0.717) is 24.7 Å². The van der Waals surface area contributed by atoms with Crippen LogP contribution in [0, 0.1) is 55.7 Å². The SMILES string of the molecule is CC1CCN(C(C)COC(=O)c2cncc(C(=O)OCC(C)N3CCC(C)CC3C(C)C3C=CC=C([N+](=O)[O-])C3)c2)C(C(C)C2C=CC=C([N+](=O)[O-])C2)C1.Cl. The molecule has 10 atom stereocenters. The number of hydrogen-bond donors (Lipinski definition) is 0. The molecule has 0 saturated carbocycles. The zero-order valence-electron chi connectivity index (χ0n) is 33.0. The Labute approximate surface area is 331 Å². The summed E-state index contributed by atoms with van der Waals surface area (Å²) in [6, 6.07) is 1.65. The van der Waals surface area contributed by atoms with Crippen molar-refractivity contribution in [1.82, 2.24) is 14.8 Å². The first-order chi connectivity index (χ1) is 25.7. The molecule has 2 fully saturated rings. The van der Waals surface area contributed by atoms with Gasteiger partial charge in [0.25, 0.3) is 0 Å². The maximum absolute atomic E-state index is 13.2. The Morgan fingerprint density at radius 2 is 1.16 bits per heavy atom. The number of rotatable bonds is 14. The summed E-state index contributed by atoms with van der Waals surface area (Å²) in [5.41, 5.74) is 0.795. The second-order valence-corrected chi connectivity index (χ2v) is 16.3. The number of piperidine rings is 2. The summed E-state index contributed by atoms with van der Waals surface area (Å²) in [4.78, 5) is 57.7. The van der Waals surface area contributed by atoms with E-state index in [-0.39, 0.29) is 106 Å². The average Bonchev–Trinajstić information content (AvgIpc) is 3.18. The molecule has 1 aromatic rings. The van der Waals surface area contributed by atoms with Crippen molar-refractivity contribution in [2.45, 2.75) is 104 Å². The molecule has 0 spiro atoms. The first kappa shape index (κ1) is 43.8. The molecule has 4 aliphatic rings. The number of ether oxygens (including phenoxy) is 2. The summed E-state index contributed by atoms with van der Waals surface area (Å²) < 4.78 is 11.6. The standard InChI is InChI=1S/C41H57N5O8.ClH/c1-26-13-15-43(38(17-26)30(5)32-9-7-11-36(20-32)45(49)50)28(3)24-53-40(47)34-19-35(23-42-22-34)41(48)54-25-29(4)44-16-14-27(2)18-39(44)31(6)33-10-8-12-37(21-33)46(51)52;/h7-12,19,22-23,26-33,38-39H,13-18,20-21,24-25H2,1-6H3;1H. The molecule has 2 aliphatic carbocycles. The van der Waals surface area contributed by atoms with E-state index in [1.54, 1.807) is 24.3 Å². The number of likely N-dealkylation sites (tertiary alicyclic amines) is 2. The van der Waals surface area contributed by atoms with E-state index in [2.05, 4.69) is 54.6 Å². The van der Waals surface area contributed by atoms with Crippen LogP contribution in [0.3, 0.4) is 0 Å². The lowest BCUT2D eigenvalue weighted by Crippen LogP contribution is -2.52. The van der Waals surface area contributed by atoms with Crippen LogP contribution in [0.25, 0.3) is 0 Å². The quantitative estimate of drug-likeness (QED) is 0.104. The molecule has 2 aliphatic heterocycles. The summed E-state index contributed by atoms with van der Waals surface area (Å²) in [6.07, 6.45) is 18.4. The van der Waals surface area contributed by atoms with E-state index in [9.17, 15) is 29.8 Å². The van der Waals surface area contributed by atoms with Crippen molar-refractivity contribution in [3.63, 3.8) is 0 Å². The highest BCUT2D eigenvalue weighted by atomic mass is 35.5. The number of pyridine rings is 1. The van der Waals surface area contributed by atoms with Gasteiger partial charge in [0.2, 0.25) is 11.4 Å². The molecule has 302 valence electrons. The highest BCUT2D eigenvalue weighted by molar-refractivity contribution is 5.94. The smallest absolute Gasteiger partial charge is 0.339 e. The van der Waals surface area contributed by atoms with Crippen molar-refractivity contribution in [3.05, 3.63) is 97.7 Å². The minimum atomic E-state index is -0.575. The van der Waals surface area contributed by atoms with Gasteiger partial charge in [0, 0.05) is 61.6 Å². The first-order valence-corrected chi connectivity index (χ1v) is 19.6. The van der Waals surface area contributed by atoms with Crippen LogP contribution in [-0.2, 0) is 9.47 Å². The number of carbonyl (C=O) groups is 2. The molecule has 0 radical (unpaired) electrons. The van der Waals surface area contributed by atoms with Crippen molar-refractivity contribution in [2.24, 2.45) is 35.5 Å². The summed E-state index contributed by atoms with van der Waals surface area (Å²) >= 11 is 0. The van der Waals surface area contributed by atoms with Gasteiger partial charge in [0.05, 0.1) is 21.0 Å². The van der Waals surface area contributed by atoms with Gasteiger partial charge >= 0.3 is 11.9 Å². The molecule has 55 heavy (non-hydrogen) atoms. The van der Waals surface area contributed by atoms with Crippen LogP contribution >= 0.6 is 12.4 Å². The van der Waals surface area contributed by atoms with Crippen LogP contribution in [0.2, 0.25) is 0 Å². The summed E-state index contributed by atoms with van der Waals surface area (Å²) in [5, 5.41) is 22.9. The molecule has 5 rings (SSSR count). The van der Waals surface area contributed by atoms with Gasteiger partial charge in [-0.3, -0.25) is 35.0 Å². The second kappa shape index (κ2) is 19.8. The molecular formula is C41H58ClN5O8. The molecule has 0 N–H and O–H groups in total. The monoisotopic (exact) mass is 783 g/mol. The predicted molar refractivity (Wildman–Crippen MR) is 212 cm³/mol. The summed E-state index contributed by atoms with van der Waals surface area (Å²) in [6.45, 7) is 14.9. The highest BCUT2D eigenvalue weighted by Crippen LogP contribution is 2.38. The minimum Gasteiger partial charge on any atom is -0.460 e. The molecule has 1 aromatic heterocycles. The molecule has 0 amide bonds. The van der Waals surface area contributed by atoms with E-state index < -0.39 is 11.9 Å². The van der Waals surface area contributed by atoms with Gasteiger partial charge in [-0.2, -0.15) is 0 Å². The molecule has 0 bridgehead atoms. The first-order valence-electron chi connectivity index (χ1n) is 19.6. The Morgan fingerprint density at radius 3 is 1.55 bits per heavy atom. The average molecular weight is 784 g/mol. The van der Waals surface area contributed by atoms with E-state index >= 15 is 0 Å². The fraction of sp³-hybridized carbons (Fsp3) is 0.634. The van der Waals surface area contributed by atoms with Crippen LogP contribution in [0.4, 0.5) is 0 Å². The van der Waals surface area contributed by atoms with Crippen molar-refractivity contribution in [3.8, 4) is 0 Å². The molecule has 13 nitrogen and oxygen atoms in total. The largest absolute Gasteiger partial charge is 0.460 e. The Kier molecular flexibility index (Phi) is 15.7. The zero-order valence-corrected chi connectivity index (χ0v) is 33.8. The van der Waals surface area contributed by atoms with Gasteiger partial charge in [0.15, 0.2) is 0 Å². The number of esters is 2. The van der Waals surface area contributed by atoms with Crippen LogP contribution in [0.5, 0.6) is 0 Å². The number of hydrogen-bond acceptors (Lipinski definition) is 11. The number of nitro groups is 2. The van der Waals surface area contributed by atoms with Crippen molar-refractivity contribution >= 4 is 24.3 Å². The number of halogens is 1. The van der Waals surface area contributed by atoms with E-state index in [1.807, 2.05) is 13.8 Å². The van der Waals surface area contributed by atoms with Gasteiger partial charge < -0.3 is 9.47 Å². The van der Waals surface area contributed by atoms with Crippen LogP contribution in [-0.4, -0.2) is 87.0 Å². The topological polar surface area (TPSA) is 158 Å². The number of allylic oxidation sites excluding steroid dienone is 8. The Bertz CT molecular complexity index is 1550. The third kappa shape index (κ3) is 11.1. The van der Waals surface area contributed by atoms with Crippen molar-refractivity contribution in [1.29, 1.82) is 0 Å². The second-order valence-electron chi connectivity index (χ2n) is 16.3. The third-order valence-corrected chi connectivity index (χ3v) is 12.4. The van der Waals surface area contributed by atoms with Crippen LogP contribution in [0.15, 0.2) is 66.3 Å². The maximum Gasteiger partial charge on any atom is 0.339 e. The fourth-order valence-corrected chi connectivity index (χ4v) is 8.88. The predicted octanol–water partition coefficient (Wildman–Crippen LogP) is 7.54. The van der Waals surface area contributed by atoms with E-state index in [1.165, 1.54) is 18.5 Å². The number of carbonyl (C=O) groups excluding carboxylic acids is 2. The van der Waals surface area contributed by atoms with Gasteiger partial charge in [0.1, 0.15) is 13.2 Å².